The second-order valence-electron chi connectivity index (χ2n) is 9.30. The smallest absolute Gasteiger partial charge is 0.417 e. The lowest BCUT2D eigenvalue weighted by Gasteiger charge is -2.40. The fourth-order valence-corrected chi connectivity index (χ4v) is 4.24. The van der Waals surface area contributed by atoms with E-state index in [1.165, 1.54) is 20.4 Å². The van der Waals surface area contributed by atoms with Crippen LogP contribution in [0.5, 0.6) is 0 Å². The zero-order valence-corrected chi connectivity index (χ0v) is 22.8. The SMILES string of the molecule is C1COCCO1.COC(=N)c1cc(N2CCC(N(C)C(=O)Nc3cc(C(F)(F)F)cn(C)c3=O)C(F)C2)cnc1N. The fourth-order valence-electron chi connectivity index (χ4n) is 4.24. The number of piperidine rings is 1. The number of aromatic nitrogens is 2. The summed E-state index contributed by atoms with van der Waals surface area (Å²) in [6.45, 7) is 3.32. The van der Waals surface area contributed by atoms with Gasteiger partial charge in [-0.2, -0.15) is 13.2 Å². The molecule has 4 heterocycles. The van der Waals surface area contributed by atoms with E-state index < -0.39 is 41.2 Å². The van der Waals surface area contributed by atoms with E-state index in [1.807, 2.05) is 0 Å². The van der Waals surface area contributed by atoms with Crippen LogP contribution in [0.4, 0.5) is 39.5 Å². The number of alkyl halides is 4. The lowest BCUT2D eigenvalue weighted by atomic mass is 10.0. The van der Waals surface area contributed by atoms with Gasteiger partial charge in [0.2, 0.25) is 5.90 Å². The first kappa shape index (κ1) is 31.6. The quantitative estimate of drug-likeness (QED) is 0.281. The molecular weight excluding hydrogens is 554 g/mol. The average Bonchev–Trinajstić information content (AvgIpc) is 2.95. The van der Waals surface area contributed by atoms with Crippen molar-refractivity contribution in [3.63, 3.8) is 0 Å². The van der Waals surface area contributed by atoms with E-state index in [1.54, 1.807) is 11.0 Å². The van der Waals surface area contributed by atoms with Crippen LogP contribution in [-0.2, 0) is 27.4 Å². The van der Waals surface area contributed by atoms with Crippen LogP contribution in [0.2, 0.25) is 0 Å². The monoisotopic (exact) mass is 587 g/mol. The zero-order chi connectivity index (χ0) is 30.3. The molecule has 16 heteroatoms. The van der Waals surface area contributed by atoms with Crippen molar-refractivity contribution in [1.29, 1.82) is 5.41 Å². The molecule has 2 aliphatic rings. The molecule has 0 aromatic carbocycles. The number of nitrogens with two attached hydrogens (primary N) is 1. The number of ether oxygens (including phenoxy) is 3. The first-order valence-corrected chi connectivity index (χ1v) is 12.6. The molecule has 2 fully saturated rings. The number of carbonyl (C=O) groups is 1. The Labute approximate surface area is 233 Å². The molecule has 0 radical (unpaired) electrons. The van der Waals surface area contributed by atoms with Crippen LogP contribution < -0.4 is 21.5 Å². The molecule has 0 spiro atoms. The highest BCUT2D eigenvalue weighted by molar-refractivity contribution is 5.96. The molecule has 2 unspecified atom stereocenters. The molecule has 41 heavy (non-hydrogen) atoms. The number of methoxy groups -OCH3 is 1. The molecule has 2 aromatic rings. The molecule has 226 valence electrons. The Morgan fingerprint density at radius 2 is 1.88 bits per heavy atom. The van der Waals surface area contributed by atoms with Crippen molar-refractivity contribution in [3.05, 3.63) is 46.0 Å². The standard InChI is InChI=1S/C21H25F4N7O3.C4H8O2/c1-30-9-11(21(23,24)25)6-15(19(30)33)29-20(34)31(2)16-4-5-32(10-14(16)22)12-7-13(18(27)35-3)17(26)28-8-12;1-2-6-4-3-5-1/h6-9,14,16,27H,4-5,10H2,1-3H3,(H2,26,28)(H,29,34);1-4H2. The lowest BCUT2D eigenvalue weighted by molar-refractivity contribution is -0.138. The minimum atomic E-state index is -4.72. The van der Waals surface area contributed by atoms with Gasteiger partial charge >= 0.3 is 12.2 Å². The Morgan fingerprint density at radius 1 is 1.24 bits per heavy atom. The summed E-state index contributed by atoms with van der Waals surface area (Å²) < 4.78 is 69.8. The molecule has 0 saturated carbocycles. The zero-order valence-electron chi connectivity index (χ0n) is 22.8. The Morgan fingerprint density at radius 3 is 2.41 bits per heavy atom. The summed E-state index contributed by atoms with van der Waals surface area (Å²) in [5.74, 6) is -0.106. The van der Waals surface area contributed by atoms with Gasteiger partial charge in [0, 0.05) is 26.8 Å². The van der Waals surface area contributed by atoms with E-state index in [0.717, 1.165) is 38.4 Å². The molecule has 2 atom stereocenters. The molecule has 4 rings (SSSR count). The Kier molecular flexibility index (Phi) is 10.5. The van der Waals surface area contributed by atoms with E-state index in [2.05, 4.69) is 10.3 Å². The van der Waals surface area contributed by atoms with Crippen LogP contribution in [0, 0.1) is 5.41 Å². The average molecular weight is 588 g/mol. The van der Waals surface area contributed by atoms with Crippen molar-refractivity contribution < 1.29 is 36.6 Å². The van der Waals surface area contributed by atoms with Gasteiger partial charge in [0.1, 0.15) is 17.7 Å². The number of rotatable bonds is 4. The van der Waals surface area contributed by atoms with E-state index in [0.29, 0.717) is 29.1 Å². The number of carbonyl (C=O) groups excluding carboxylic acids is 1. The minimum Gasteiger partial charge on any atom is -0.481 e. The number of urea groups is 1. The van der Waals surface area contributed by atoms with Crippen LogP contribution in [0.3, 0.4) is 0 Å². The van der Waals surface area contributed by atoms with Gasteiger partial charge in [0.15, 0.2) is 0 Å². The van der Waals surface area contributed by atoms with Crippen molar-refractivity contribution in [1.82, 2.24) is 14.5 Å². The van der Waals surface area contributed by atoms with Gasteiger partial charge in [-0.1, -0.05) is 0 Å². The molecule has 0 bridgehead atoms. The molecule has 2 saturated heterocycles. The van der Waals surface area contributed by atoms with Gasteiger partial charge in [0.25, 0.3) is 5.56 Å². The van der Waals surface area contributed by atoms with E-state index in [4.69, 9.17) is 25.4 Å². The van der Waals surface area contributed by atoms with Gasteiger partial charge < -0.3 is 39.6 Å². The summed E-state index contributed by atoms with van der Waals surface area (Å²) in [7, 11) is 3.76. The van der Waals surface area contributed by atoms with Crippen molar-refractivity contribution in [2.24, 2.45) is 7.05 Å². The number of nitrogens with one attached hydrogen (secondary N) is 2. The first-order valence-electron chi connectivity index (χ1n) is 12.6. The number of hydrogen-bond acceptors (Lipinski definition) is 9. The van der Waals surface area contributed by atoms with Crippen molar-refractivity contribution in [2.75, 3.05) is 69.6 Å². The molecular formula is C25H33F4N7O5. The van der Waals surface area contributed by atoms with Gasteiger partial charge in [-0.25, -0.2) is 14.2 Å². The molecule has 2 amide bonds. The summed E-state index contributed by atoms with van der Waals surface area (Å²) in [5.41, 5.74) is 4.03. The van der Waals surface area contributed by atoms with Crippen molar-refractivity contribution in [2.45, 2.75) is 24.8 Å². The van der Waals surface area contributed by atoms with Gasteiger partial charge in [-0.15, -0.1) is 0 Å². The van der Waals surface area contributed by atoms with E-state index >= 15 is 4.39 Å². The Bertz CT molecular complexity index is 1270. The highest BCUT2D eigenvalue weighted by Gasteiger charge is 2.36. The van der Waals surface area contributed by atoms with Crippen LogP contribution in [0.1, 0.15) is 17.5 Å². The number of pyridine rings is 2. The number of aryl methyl sites for hydroxylation is 1. The largest absolute Gasteiger partial charge is 0.481 e. The third-order valence-corrected chi connectivity index (χ3v) is 6.54. The summed E-state index contributed by atoms with van der Waals surface area (Å²) in [6.07, 6.45) is -3.99. The van der Waals surface area contributed by atoms with Crippen LogP contribution in [-0.4, -0.2) is 92.3 Å². The van der Waals surface area contributed by atoms with Crippen LogP contribution in [0.15, 0.2) is 29.3 Å². The maximum absolute atomic E-state index is 15.1. The Balaban J connectivity index is 0.000000681. The summed E-state index contributed by atoms with van der Waals surface area (Å²) >= 11 is 0. The van der Waals surface area contributed by atoms with Crippen molar-refractivity contribution in [3.8, 4) is 0 Å². The normalized spacial score (nSPS) is 19.0. The summed E-state index contributed by atoms with van der Waals surface area (Å²) in [4.78, 5) is 31.6. The van der Waals surface area contributed by atoms with Gasteiger partial charge in [-0.05, 0) is 18.6 Å². The second-order valence-corrected chi connectivity index (χ2v) is 9.30. The first-order chi connectivity index (χ1) is 19.3. The highest BCUT2D eigenvalue weighted by atomic mass is 19.4. The minimum absolute atomic E-state index is 0.0874. The molecule has 4 N–H and O–H groups in total. The van der Waals surface area contributed by atoms with E-state index in [9.17, 15) is 22.8 Å². The predicted molar refractivity (Wildman–Crippen MR) is 143 cm³/mol. The van der Waals surface area contributed by atoms with Gasteiger partial charge in [0.05, 0.1) is 69.1 Å². The van der Waals surface area contributed by atoms with Crippen LogP contribution >= 0.6 is 0 Å². The number of anilines is 3. The third-order valence-electron chi connectivity index (χ3n) is 6.54. The highest BCUT2D eigenvalue weighted by Crippen LogP contribution is 2.30. The van der Waals surface area contributed by atoms with Crippen molar-refractivity contribution >= 4 is 29.1 Å². The number of amides is 2. The number of hydrogen-bond donors (Lipinski definition) is 3. The molecule has 2 aromatic heterocycles. The number of nitrogens with zero attached hydrogens (tertiary/aromatic N) is 4. The Hall–Kier alpha value is -3.92. The molecule has 0 aliphatic carbocycles. The third kappa shape index (κ3) is 8.07. The maximum atomic E-state index is 15.1. The topological polar surface area (TPSA) is 148 Å². The van der Waals surface area contributed by atoms with E-state index in [-0.39, 0.29) is 30.2 Å². The number of halogens is 4. The second kappa shape index (κ2) is 13.6. The molecule has 2 aliphatic heterocycles. The maximum Gasteiger partial charge on any atom is 0.417 e. The fraction of sp³-hybridized carbons (Fsp3) is 0.520. The summed E-state index contributed by atoms with van der Waals surface area (Å²) in [5, 5.41) is 9.97. The predicted octanol–water partition coefficient (Wildman–Crippen LogP) is 2.47. The van der Waals surface area contributed by atoms with Gasteiger partial charge in [-0.3, -0.25) is 10.2 Å². The summed E-state index contributed by atoms with van der Waals surface area (Å²) in [6, 6.07) is 0.306. The van der Waals surface area contributed by atoms with Crippen LogP contribution in [0.25, 0.3) is 0 Å². The molecule has 12 nitrogen and oxygen atoms in total. The number of nitrogen functional groups attached to an aromatic ring is 1. The lowest BCUT2D eigenvalue weighted by Crippen LogP contribution is -2.54.